The van der Waals surface area contributed by atoms with Gasteiger partial charge in [-0.25, -0.2) is 8.78 Å². The fourth-order valence-corrected chi connectivity index (χ4v) is 1.48. The Morgan fingerprint density at radius 3 is 2.46 bits per heavy atom. The summed E-state index contributed by atoms with van der Waals surface area (Å²) in [5.41, 5.74) is 0. The molecule has 1 rings (SSSR count). The fourth-order valence-electron chi connectivity index (χ4n) is 0.938. The van der Waals surface area contributed by atoms with Gasteiger partial charge < -0.3 is 4.74 Å². The zero-order chi connectivity index (χ0) is 9.84. The number of hydrogen-bond donors (Lipinski definition) is 0. The van der Waals surface area contributed by atoms with Crippen molar-refractivity contribution < 1.29 is 13.5 Å². The lowest BCUT2D eigenvalue weighted by molar-refractivity contribution is 0.328. The smallest absolute Gasteiger partial charge is 0.162 e. The first-order chi connectivity index (χ1) is 6.19. The Hall–Kier alpha value is -0.770. The molecule has 0 spiro atoms. The Bertz CT molecular complexity index is 302. The third-order valence-electron chi connectivity index (χ3n) is 1.51. The van der Waals surface area contributed by atoms with Crippen LogP contribution in [0, 0.1) is 11.6 Å². The fraction of sp³-hybridized carbons (Fsp3) is 0.333. The molecular weight excluding hydrogens is 194 g/mol. The molecule has 0 aliphatic carbocycles. The molecule has 0 aliphatic heterocycles. The Kier molecular flexibility index (Phi) is 3.54. The second-order valence-corrected chi connectivity index (χ2v) is 3.20. The molecule has 0 unspecified atom stereocenters. The van der Waals surface area contributed by atoms with Crippen molar-refractivity contribution in [3.8, 4) is 5.75 Å². The SMILES string of the molecule is CCOc1cc(F)c(F)cc1SC. The van der Waals surface area contributed by atoms with Crippen molar-refractivity contribution in [1.82, 2.24) is 0 Å². The lowest BCUT2D eigenvalue weighted by Crippen LogP contribution is -1.95. The first-order valence-electron chi connectivity index (χ1n) is 3.84. The van der Waals surface area contributed by atoms with Gasteiger partial charge in [-0.3, -0.25) is 0 Å². The molecule has 13 heavy (non-hydrogen) atoms. The second kappa shape index (κ2) is 4.46. The summed E-state index contributed by atoms with van der Waals surface area (Å²) >= 11 is 1.33. The van der Waals surface area contributed by atoms with E-state index in [1.54, 1.807) is 13.2 Å². The summed E-state index contributed by atoms with van der Waals surface area (Å²) in [6.45, 7) is 2.24. The van der Waals surface area contributed by atoms with Gasteiger partial charge in [0.05, 0.1) is 11.5 Å². The van der Waals surface area contributed by atoms with Crippen LogP contribution in [0.4, 0.5) is 8.78 Å². The molecule has 0 aromatic heterocycles. The Labute approximate surface area is 80.1 Å². The van der Waals surface area contributed by atoms with Crippen LogP contribution >= 0.6 is 11.8 Å². The predicted octanol–water partition coefficient (Wildman–Crippen LogP) is 3.09. The van der Waals surface area contributed by atoms with E-state index in [0.717, 1.165) is 12.1 Å². The highest BCUT2D eigenvalue weighted by Gasteiger charge is 2.09. The van der Waals surface area contributed by atoms with Gasteiger partial charge in [0, 0.05) is 6.07 Å². The molecular formula is C9H10F2OS. The van der Waals surface area contributed by atoms with Crippen molar-refractivity contribution in [3.05, 3.63) is 23.8 Å². The van der Waals surface area contributed by atoms with Gasteiger partial charge in [0.1, 0.15) is 5.75 Å². The molecule has 0 radical (unpaired) electrons. The first kappa shape index (κ1) is 10.3. The van der Waals surface area contributed by atoms with Gasteiger partial charge in [0.15, 0.2) is 11.6 Å². The molecule has 0 atom stereocenters. The molecule has 0 aliphatic rings. The highest BCUT2D eigenvalue weighted by atomic mass is 32.2. The van der Waals surface area contributed by atoms with Crippen molar-refractivity contribution in [2.75, 3.05) is 12.9 Å². The van der Waals surface area contributed by atoms with Gasteiger partial charge in [0.25, 0.3) is 0 Å². The molecule has 0 fully saturated rings. The summed E-state index contributed by atoms with van der Waals surface area (Å²) in [6.07, 6.45) is 1.79. The minimum Gasteiger partial charge on any atom is -0.493 e. The van der Waals surface area contributed by atoms with E-state index >= 15 is 0 Å². The average molecular weight is 204 g/mol. The number of benzene rings is 1. The predicted molar refractivity (Wildman–Crippen MR) is 49.3 cm³/mol. The third-order valence-corrected chi connectivity index (χ3v) is 2.27. The topological polar surface area (TPSA) is 9.23 Å². The van der Waals surface area contributed by atoms with Crippen molar-refractivity contribution in [2.24, 2.45) is 0 Å². The highest BCUT2D eigenvalue weighted by molar-refractivity contribution is 7.98. The zero-order valence-electron chi connectivity index (χ0n) is 7.43. The molecule has 0 saturated heterocycles. The van der Waals surface area contributed by atoms with Crippen molar-refractivity contribution in [2.45, 2.75) is 11.8 Å². The summed E-state index contributed by atoms with van der Waals surface area (Å²) < 4.78 is 30.6. The van der Waals surface area contributed by atoms with E-state index in [1.807, 2.05) is 0 Å². The average Bonchev–Trinajstić information content (AvgIpc) is 2.11. The van der Waals surface area contributed by atoms with E-state index in [0.29, 0.717) is 17.3 Å². The van der Waals surface area contributed by atoms with Gasteiger partial charge in [-0.2, -0.15) is 0 Å². The third kappa shape index (κ3) is 2.34. The minimum absolute atomic E-state index is 0.397. The van der Waals surface area contributed by atoms with Gasteiger partial charge in [-0.1, -0.05) is 0 Å². The van der Waals surface area contributed by atoms with E-state index in [2.05, 4.69) is 0 Å². The Balaban J connectivity index is 3.09. The van der Waals surface area contributed by atoms with Gasteiger partial charge >= 0.3 is 0 Å². The highest BCUT2D eigenvalue weighted by Crippen LogP contribution is 2.29. The summed E-state index contributed by atoms with van der Waals surface area (Å²) in [5.74, 6) is -1.32. The molecule has 0 amide bonds. The van der Waals surface area contributed by atoms with Crippen LogP contribution in [0.25, 0.3) is 0 Å². The number of ether oxygens (including phenoxy) is 1. The molecule has 72 valence electrons. The molecule has 0 heterocycles. The number of thioether (sulfide) groups is 1. The van der Waals surface area contributed by atoms with Crippen molar-refractivity contribution in [3.63, 3.8) is 0 Å². The maximum absolute atomic E-state index is 12.8. The summed E-state index contributed by atoms with van der Waals surface area (Å²) in [5, 5.41) is 0. The summed E-state index contributed by atoms with van der Waals surface area (Å²) in [6, 6.07) is 2.22. The quantitative estimate of drug-likeness (QED) is 0.700. The molecule has 0 bridgehead atoms. The second-order valence-electron chi connectivity index (χ2n) is 2.35. The van der Waals surface area contributed by atoms with Crippen LogP contribution in [0.5, 0.6) is 5.75 Å². The molecule has 4 heteroatoms. The van der Waals surface area contributed by atoms with Crippen LogP contribution in [0.1, 0.15) is 6.92 Å². The first-order valence-corrected chi connectivity index (χ1v) is 5.07. The van der Waals surface area contributed by atoms with Crippen LogP contribution in [0.15, 0.2) is 17.0 Å². The van der Waals surface area contributed by atoms with Gasteiger partial charge in [-0.15, -0.1) is 11.8 Å². The lowest BCUT2D eigenvalue weighted by Gasteiger charge is -2.08. The van der Waals surface area contributed by atoms with Crippen LogP contribution in [-0.2, 0) is 0 Å². The van der Waals surface area contributed by atoms with Crippen LogP contribution < -0.4 is 4.74 Å². The monoisotopic (exact) mass is 204 g/mol. The standard InChI is InChI=1S/C9H10F2OS/c1-3-12-8-4-6(10)7(11)5-9(8)13-2/h4-5H,3H2,1-2H3. The molecule has 1 nitrogen and oxygen atoms in total. The molecule has 0 N–H and O–H groups in total. The maximum Gasteiger partial charge on any atom is 0.162 e. The Morgan fingerprint density at radius 2 is 1.92 bits per heavy atom. The van der Waals surface area contributed by atoms with Crippen molar-refractivity contribution in [1.29, 1.82) is 0 Å². The normalized spacial score (nSPS) is 10.2. The number of halogens is 2. The minimum atomic E-state index is -0.874. The van der Waals surface area contributed by atoms with E-state index in [1.165, 1.54) is 11.8 Å². The lowest BCUT2D eigenvalue weighted by atomic mass is 10.3. The van der Waals surface area contributed by atoms with Crippen LogP contribution in [0.3, 0.4) is 0 Å². The van der Waals surface area contributed by atoms with Crippen LogP contribution in [-0.4, -0.2) is 12.9 Å². The van der Waals surface area contributed by atoms with Crippen molar-refractivity contribution >= 4 is 11.8 Å². The van der Waals surface area contributed by atoms with Crippen LogP contribution in [0.2, 0.25) is 0 Å². The largest absolute Gasteiger partial charge is 0.493 e. The van der Waals surface area contributed by atoms with E-state index in [-0.39, 0.29) is 0 Å². The molecule has 0 saturated carbocycles. The summed E-state index contributed by atoms with van der Waals surface area (Å²) in [7, 11) is 0. The number of hydrogen-bond acceptors (Lipinski definition) is 2. The van der Waals surface area contributed by atoms with E-state index < -0.39 is 11.6 Å². The zero-order valence-corrected chi connectivity index (χ0v) is 8.25. The summed E-state index contributed by atoms with van der Waals surface area (Å²) in [4.78, 5) is 0.612. The number of rotatable bonds is 3. The molecule has 1 aromatic rings. The maximum atomic E-state index is 12.8. The van der Waals surface area contributed by atoms with Gasteiger partial charge in [0.2, 0.25) is 0 Å². The van der Waals surface area contributed by atoms with E-state index in [4.69, 9.17) is 4.74 Å². The van der Waals surface area contributed by atoms with Gasteiger partial charge in [-0.05, 0) is 19.2 Å². The van der Waals surface area contributed by atoms with E-state index in [9.17, 15) is 8.78 Å². The Morgan fingerprint density at radius 1 is 1.31 bits per heavy atom. The molecule has 1 aromatic carbocycles.